The normalized spacial score (nSPS) is 20.8. The van der Waals surface area contributed by atoms with Gasteiger partial charge in [0.05, 0.1) is 10.1 Å². The first-order valence-electron chi connectivity index (χ1n) is 5.12. The third kappa shape index (κ3) is 2.22. The Balaban J connectivity index is 2.38. The van der Waals surface area contributed by atoms with E-state index in [0.29, 0.717) is 6.07 Å². The van der Waals surface area contributed by atoms with Crippen LogP contribution in [0.5, 0.6) is 0 Å². The molecule has 0 heterocycles. The Bertz CT molecular complexity index is 566. The van der Waals surface area contributed by atoms with Crippen LogP contribution in [0, 0.1) is 11.6 Å². The molecule has 6 heteroatoms. The third-order valence-electron chi connectivity index (χ3n) is 2.86. The van der Waals surface area contributed by atoms with Gasteiger partial charge in [0.1, 0.15) is 5.78 Å². The quantitative estimate of drug-likeness (QED) is 0.763. The molecule has 0 N–H and O–H groups in total. The van der Waals surface area contributed by atoms with Crippen LogP contribution in [0.3, 0.4) is 0 Å². The molecule has 1 aromatic carbocycles. The number of benzene rings is 1. The summed E-state index contributed by atoms with van der Waals surface area (Å²) in [6.45, 7) is 0. The number of ketones is 1. The molecule has 0 amide bonds. The maximum atomic E-state index is 13.0. The van der Waals surface area contributed by atoms with Gasteiger partial charge < -0.3 is 0 Å². The number of hydrogen-bond acceptors (Lipinski definition) is 3. The van der Waals surface area contributed by atoms with Crippen LogP contribution in [0.2, 0.25) is 0 Å². The molecule has 1 unspecified atom stereocenters. The molecule has 0 spiro atoms. The minimum absolute atomic E-state index is 0.0403. The molecule has 92 valence electrons. The van der Waals surface area contributed by atoms with E-state index in [-0.39, 0.29) is 29.9 Å². The smallest absolute Gasteiger partial charge is 0.181 e. The Kier molecular flexibility index (Phi) is 2.99. The van der Waals surface area contributed by atoms with Crippen molar-refractivity contribution in [3.8, 4) is 0 Å². The summed E-state index contributed by atoms with van der Waals surface area (Å²) in [6, 6.07) is 2.46. The van der Waals surface area contributed by atoms with Gasteiger partial charge in [0, 0.05) is 12.8 Å². The molecule has 3 nitrogen and oxygen atoms in total. The fourth-order valence-corrected chi connectivity index (χ4v) is 3.63. The van der Waals surface area contributed by atoms with Gasteiger partial charge in [-0.15, -0.1) is 0 Å². The topological polar surface area (TPSA) is 51.2 Å². The average Bonchev–Trinajstić information content (AvgIpc) is 2.69. The Hall–Kier alpha value is -1.30. The summed E-state index contributed by atoms with van der Waals surface area (Å²) >= 11 is 0. The summed E-state index contributed by atoms with van der Waals surface area (Å²) in [5, 5.41) is -0.806. The van der Waals surface area contributed by atoms with Gasteiger partial charge in [0.15, 0.2) is 21.5 Å². The lowest BCUT2D eigenvalue weighted by atomic mass is 10.3. The molecule has 1 aromatic rings. The second-order valence-corrected chi connectivity index (χ2v) is 6.25. The lowest BCUT2D eigenvalue weighted by Crippen LogP contribution is -2.18. The Morgan fingerprint density at radius 2 is 1.88 bits per heavy atom. The van der Waals surface area contributed by atoms with Crippen LogP contribution in [-0.2, 0) is 14.6 Å². The molecular weight excluding hydrogens is 250 g/mol. The maximum Gasteiger partial charge on any atom is 0.181 e. The summed E-state index contributed by atoms with van der Waals surface area (Å²) in [7, 11) is -3.74. The number of rotatable bonds is 2. The van der Waals surface area contributed by atoms with Crippen LogP contribution >= 0.6 is 0 Å². The average molecular weight is 260 g/mol. The van der Waals surface area contributed by atoms with Gasteiger partial charge in [-0.25, -0.2) is 17.2 Å². The number of carbonyl (C=O) groups is 1. The van der Waals surface area contributed by atoms with Crippen LogP contribution in [0.4, 0.5) is 8.78 Å². The Morgan fingerprint density at radius 3 is 2.41 bits per heavy atom. The van der Waals surface area contributed by atoms with E-state index in [9.17, 15) is 22.0 Å². The predicted molar refractivity (Wildman–Crippen MR) is 56.2 cm³/mol. The molecule has 1 aliphatic carbocycles. The van der Waals surface area contributed by atoms with Gasteiger partial charge in [-0.05, 0) is 24.6 Å². The summed E-state index contributed by atoms with van der Waals surface area (Å²) in [6.07, 6.45) is 0.440. The molecule has 0 bridgehead atoms. The molecule has 0 saturated heterocycles. The van der Waals surface area contributed by atoms with Crippen molar-refractivity contribution in [1.82, 2.24) is 0 Å². The number of carbonyl (C=O) groups excluding carboxylic acids is 1. The molecule has 2 rings (SSSR count). The van der Waals surface area contributed by atoms with Gasteiger partial charge in [-0.1, -0.05) is 0 Å². The lowest BCUT2D eigenvalue weighted by Gasteiger charge is -2.10. The van der Waals surface area contributed by atoms with Crippen molar-refractivity contribution < 1.29 is 22.0 Å². The molecule has 17 heavy (non-hydrogen) atoms. The van der Waals surface area contributed by atoms with Crippen molar-refractivity contribution in [3.63, 3.8) is 0 Å². The van der Waals surface area contributed by atoms with E-state index in [1.54, 1.807) is 0 Å². The van der Waals surface area contributed by atoms with Crippen molar-refractivity contribution in [2.75, 3.05) is 0 Å². The Morgan fingerprint density at radius 1 is 1.18 bits per heavy atom. The van der Waals surface area contributed by atoms with Crippen molar-refractivity contribution >= 4 is 15.6 Å². The van der Waals surface area contributed by atoms with E-state index in [2.05, 4.69) is 0 Å². The van der Waals surface area contributed by atoms with Gasteiger partial charge in [-0.2, -0.15) is 0 Å². The zero-order valence-corrected chi connectivity index (χ0v) is 9.64. The van der Waals surface area contributed by atoms with Crippen LogP contribution in [-0.4, -0.2) is 19.5 Å². The summed E-state index contributed by atoms with van der Waals surface area (Å²) in [5.41, 5.74) is 0. The second-order valence-electron chi connectivity index (χ2n) is 4.02. The first-order valence-corrected chi connectivity index (χ1v) is 6.66. The first-order chi connectivity index (χ1) is 7.91. The molecule has 1 saturated carbocycles. The third-order valence-corrected chi connectivity index (χ3v) is 5.05. The second kappa shape index (κ2) is 4.18. The molecule has 1 atom stereocenters. The maximum absolute atomic E-state index is 13.0. The highest BCUT2D eigenvalue weighted by Crippen LogP contribution is 2.28. The number of halogens is 2. The van der Waals surface area contributed by atoms with Crippen LogP contribution in [0.1, 0.15) is 19.3 Å². The SMILES string of the molecule is O=C1CCC(S(=O)(=O)c2ccc(F)c(F)c2)C1. The van der Waals surface area contributed by atoms with Crippen molar-refractivity contribution in [2.24, 2.45) is 0 Å². The van der Waals surface area contributed by atoms with E-state index in [4.69, 9.17) is 0 Å². The lowest BCUT2D eigenvalue weighted by molar-refractivity contribution is -0.117. The van der Waals surface area contributed by atoms with Crippen molar-refractivity contribution in [3.05, 3.63) is 29.8 Å². The highest BCUT2D eigenvalue weighted by atomic mass is 32.2. The minimum atomic E-state index is -3.74. The van der Waals surface area contributed by atoms with E-state index in [0.717, 1.165) is 12.1 Å². The Labute approximate surface area is 97.4 Å². The molecule has 0 aliphatic heterocycles. The largest absolute Gasteiger partial charge is 0.300 e. The fourth-order valence-electron chi connectivity index (χ4n) is 1.89. The monoisotopic (exact) mass is 260 g/mol. The summed E-state index contributed by atoms with van der Waals surface area (Å²) in [4.78, 5) is 10.8. The van der Waals surface area contributed by atoms with E-state index in [1.165, 1.54) is 0 Å². The molecule has 1 fully saturated rings. The molecular formula is C11H10F2O3S. The van der Waals surface area contributed by atoms with E-state index >= 15 is 0 Å². The molecule has 0 aromatic heterocycles. The summed E-state index contributed by atoms with van der Waals surface area (Å²) < 4.78 is 49.7. The van der Waals surface area contributed by atoms with E-state index in [1.807, 2.05) is 0 Å². The molecule has 0 radical (unpaired) electrons. The highest BCUT2D eigenvalue weighted by molar-refractivity contribution is 7.92. The summed E-state index contributed by atoms with van der Waals surface area (Å²) in [5.74, 6) is -2.40. The number of sulfone groups is 1. The first kappa shape index (κ1) is 12.2. The zero-order valence-electron chi connectivity index (χ0n) is 8.82. The van der Waals surface area contributed by atoms with Gasteiger partial charge in [-0.3, -0.25) is 4.79 Å². The number of Topliss-reactive ketones (excluding diaryl/α,β-unsaturated/α-hetero) is 1. The van der Waals surface area contributed by atoms with Crippen molar-refractivity contribution in [2.45, 2.75) is 29.4 Å². The predicted octanol–water partition coefficient (Wildman–Crippen LogP) is 1.86. The highest BCUT2D eigenvalue weighted by Gasteiger charge is 2.34. The van der Waals surface area contributed by atoms with Gasteiger partial charge >= 0.3 is 0 Å². The van der Waals surface area contributed by atoms with Gasteiger partial charge in [0.2, 0.25) is 0 Å². The van der Waals surface area contributed by atoms with Crippen LogP contribution in [0.25, 0.3) is 0 Å². The standard InChI is InChI=1S/C11H10F2O3S/c12-10-4-3-9(6-11(10)13)17(15,16)8-2-1-7(14)5-8/h3-4,6,8H,1-2,5H2. The fraction of sp³-hybridized carbons (Fsp3) is 0.364. The minimum Gasteiger partial charge on any atom is -0.300 e. The van der Waals surface area contributed by atoms with Gasteiger partial charge in [0.25, 0.3) is 0 Å². The van der Waals surface area contributed by atoms with Crippen LogP contribution in [0.15, 0.2) is 23.1 Å². The van der Waals surface area contributed by atoms with E-state index < -0.39 is 26.7 Å². The van der Waals surface area contributed by atoms with Crippen molar-refractivity contribution in [1.29, 1.82) is 0 Å². The zero-order chi connectivity index (χ0) is 12.6. The number of hydrogen-bond donors (Lipinski definition) is 0. The molecule has 1 aliphatic rings. The van der Waals surface area contributed by atoms with Crippen LogP contribution < -0.4 is 0 Å².